The summed E-state index contributed by atoms with van der Waals surface area (Å²) >= 11 is 5.22. The second-order valence-corrected chi connectivity index (χ2v) is 6.68. The summed E-state index contributed by atoms with van der Waals surface area (Å²) < 4.78 is 1.02. The minimum atomic E-state index is 0.0850. The molecule has 0 unspecified atom stereocenters. The summed E-state index contributed by atoms with van der Waals surface area (Å²) in [6.07, 6.45) is 4.51. The van der Waals surface area contributed by atoms with Gasteiger partial charge >= 0.3 is 0 Å². The van der Waals surface area contributed by atoms with Crippen molar-refractivity contribution in [2.75, 3.05) is 6.54 Å². The zero-order valence-electron chi connectivity index (χ0n) is 10.9. The zero-order valence-corrected chi connectivity index (χ0v) is 13.3. The van der Waals surface area contributed by atoms with Gasteiger partial charge in [0.1, 0.15) is 0 Å². The molecule has 1 aromatic carbocycles. The van der Waals surface area contributed by atoms with Crippen molar-refractivity contribution in [3.63, 3.8) is 0 Å². The van der Waals surface area contributed by atoms with E-state index in [1.165, 1.54) is 10.4 Å². The number of fused-ring (bicyclic) bond motifs is 1. The molecule has 20 heavy (non-hydrogen) atoms. The van der Waals surface area contributed by atoms with Crippen molar-refractivity contribution in [3.8, 4) is 0 Å². The highest BCUT2D eigenvalue weighted by molar-refractivity contribution is 9.10. The second-order valence-electron chi connectivity index (χ2n) is 4.77. The number of rotatable bonds is 2. The van der Waals surface area contributed by atoms with Gasteiger partial charge in [0, 0.05) is 28.5 Å². The summed E-state index contributed by atoms with van der Waals surface area (Å²) in [5.41, 5.74) is 2.33. The Labute approximate surface area is 130 Å². The Kier molecular flexibility index (Phi) is 4.03. The van der Waals surface area contributed by atoms with Gasteiger partial charge in [-0.3, -0.25) is 4.79 Å². The van der Waals surface area contributed by atoms with Gasteiger partial charge in [0.2, 0.25) is 5.91 Å². The van der Waals surface area contributed by atoms with Crippen LogP contribution >= 0.6 is 27.3 Å². The van der Waals surface area contributed by atoms with Gasteiger partial charge in [-0.1, -0.05) is 28.1 Å². The predicted molar refractivity (Wildman–Crippen MR) is 86.6 cm³/mol. The Morgan fingerprint density at radius 3 is 3.10 bits per heavy atom. The highest BCUT2D eigenvalue weighted by atomic mass is 79.9. The van der Waals surface area contributed by atoms with E-state index in [9.17, 15) is 4.79 Å². The molecule has 0 atom stereocenters. The first kappa shape index (κ1) is 13.6. The van der Waals surface area contributed by atoms with E-state index in [1.807, 2.05) is 35.2 Å². The van der Waals surface area contributed by atoms with Crippen molar-refractivity contribution in [1.29, 1.82) is 0 Å². The molecule has 1 amide bonds. The van der Waals surface area contributed by atoms with E-state index in [-0.39, 0.29) is 5.91 Å². The Bertz CT molecular complexity index is 662. The van der Waals surface area contributed by atoms with Gasteiger partial charge in [0.15, 0.2) is 0 Å². The first-order valence-electron chi connectivity index (χ1n) is 6.50. The third-order valence-electron chi connectivity index (χ3n) is 3.39. The average molecular weight is 348 g/mol. The maximum Gasteiger partial charge on any atom is 0.246 e. The minimum absolute atomic E-state index is 0.0850. The fourth-order valence-electron chi connectivity index (χ4n) is 2.32. The molecule has 2 nitrogen and oxygen atoms in total. The van der Waals surface area contributed by atoms with Crippen molar-refractivity contribution >= 4 is 39.2 Å². The summed E-state index contributed by atoms with van der Waals surface area (Å²) in [5, 5.41) is 2.11. The van der Waals surface area contributed by atoms with Crippen molar-refractivity contribution in [1.82, 2.24) is 4.90 Å². The zero-order chi connectivity index (χ0) is 13.9. The molecule has 0 saturated carbocycles. The fraction of sp³-hybridized carbons (Fsp3) is 0.188. The van der Waals surface area contributed by atoms with E-state index in [0.29, 0.717) is 0 Å². The molecule has 0 fully saturated rings. The van der Waals surface area contributed by atoms with Gasteiger partial charge in [-0.2, -0.15) is 0 Å². The second kappa shape index (κ2) is 5.94. The van der Waals surface area contributed by atoms with E-state index in [2.05, 4.69) is 27.4 Å². The van der Waals surface area contributed by atoms with E-state index in [1.54, 1.807) is 17.4 Å². The van der Waals surface area contributed by atoms with E-state index in [4.69, 9.17) is 0 Å². The number of carbonyl (C=O) groups is 1. The fourth-order valence-corrected chi connectivity index (χ4v) is 3.63. The Hall–Kier alpha value is -1.39. The van der Waals surface area contributed by atoms with E-state index in [0.717, 1.165) is 29.5 Å². The molecule has 2 heterocycles. The summed E-state index contributed by atoms with van der Waals surface area (Å²) in [5.74, 6) is 0.0850. The van der Waals surface area contributed by atoms with Crippen LogP contribution in [0.1, 0.15) is 16.0 Å². The summed E-state index contributed by atoms with van der Waals surface area (Å²) in [6.45, 7) is 1.55. The Morgan fingerprint density at radius 1 is 1.35 bits per heavy atom. The molecule has 0 aliphatic carbocycles. The summed E-state index contributed by atoms with van der Waals surface area (Å²) in [4.78, 5) is 15.5. The lowest BCUT2D eigenvalue weighted by Crippen LogP contribution is -2.34. The van der Waals surface area contributed by atoms with Crippen LogP contribution in [0.3, 0.4) is 0 Å². The summed E-state index contributed by atoms with van der Waals surface area (Å²) in [6, 6.07) is 10.0. The summed E-state index contributed by atoms with van der Waals surface area (Å²) in [7, 11) is 0. The molecular formula is C16H14BrNOS. The van der Waals surface area contributed by atoms with Crippen molar-refractivity contribution in [3.05, 3.63) is 62.3 Å². The molecule has 1 aliphatic heterocycles. The first-order valence-corrected chi connectivity index (χ1v) is 8.17. The van der Waals surface area contributed by atoms with Crippen LogP contribution in [0, 0.1) is 0 Å². The van der Waals surface area contributed by atoms with Gasteiger partial charge in [-0.15, -0.1) is 11.3 Å². The minimum Gasteiger partial charge on any atom is -0.334 e. The number of nitrogens with zero attached hydrogens (tertiary/aromatic N) is 1. The monoisotopic (exact) mass is 347 g/mol. The van der Waals surface area contributed by atoms with Gasteiger partial charge < -0.3 is 4.90 Å². The third-order valence-corrected chi connectivity index (χ3v) is 4.90. The topological polar surface area (TPSA) is 20.3 Å². The molecule has 102 valence electrons. The molecule has 0 spiro atoms. The Balaban J connectivity index is 1.68. The lowest BCUT2D eigenvalue weighted by atomic mass is 10.1. The maximum absolute atomic E-state index is 12.2. The van der Waals surface area contributed by atoms with Crippen LogP contribution in [0.15, 0.2) is 46.3 Å². The van der Waals surface area contributed by atoms with Gasteiger partial charge in [-0.25, -0.2) is 0 Å². The van der Waals surface area contributed by atoms with E-state index < -0.39 is 0 Å². The SMILES string of the molecule is O=C(C=Cc1cccc(Br)c1)N1CCc2sccc2C1. The number of carbonyl (C=O) groups excluding carboxylic acids is 1. The molecule has 0 bridgehead atoms. The van der Waals surface area contributed by atoms with Crippen LogP contribution in [0.25, 0.3) is 6.08 Å². The molecule has 3 rings (SSSR count). The van der Waals surface area contributed by atoms with Gasteiger partial charge in [0.25, 0.3) is 0 Å². The van der Waals surface area contributed by atoms with Crippen LogP contribution in [0.4, 0.5) is 0 Å². The van der Waals surface area contributed by atoms with Crippen molar-refractivity contribution < 1.29 is 4.79 Å². The smallest absolute Gasteiger partial charge is 0.246 e. The van der Waals surface area contributed by atoms with Crippen LogP contribution in [-0.2, 0) is 17.8 Å². The standard InChI is InChI=1S/C16H14BrNOS/c17-14-3-1-2-12(10-14)4-5-16(19)18-8-6-15-13(11-18)7-9-20-15/h1-5,7,9-10H,6,8,11H2. The Morgan fingerprint density at radius 2 is 2.25 bits per heavy atom. The quantitative estimate of drug-likeness (QED) is 0.748. The predicted octanol–water partition coefficient (Wildman–Crippen LogP) is 4.11. The van der Waals surface area contributed by atoms with Gasteiger partial charge in [0.05, 0.1) is 0 Å². The normalized spacial score (nSPS) is 14.6. The van der Waals surface area contributed by atoms with Crippen LogP contribution in [-0.4, -0.2) is 17.4 Å². The largest absolute Gasteiger partial charge is 0.334 e. The number of benzene rings is 1. The van der Waals surface area contributed by atoms with Crippen molar-refractivity contribution in [2.24, 2.45) is 0 Å². The molecule has 0 saturated heterocycles. The number of hydrogen-bond acceptors (Lipinski definition) is 2. The average Bonchev–Trinajstić information content (AvgIpc) is 2.92. The highest BCUT2D eigenvalue weighted by Gasteiger charge is 2.19. The first-order chi connectivity index (χ1) is 9.72. The third kappa shape index (κ3) is 3.02. The number of thiophene rings is 1. The lowest BCUT2D eigenvalue weighted by molar-refractivity contribution is -0.126. The highest BCUT2D eigenvalue weighted by Crippen LogP contribution is 2.24. The molecule has 2 aromatic rings. The molecule has 0 radical (unpaired) electrons. The maximum atomic E-state index is 12.2. The van der Waals surface area contributed by atoms with Gasteiger partial charge in [-0.05, 0) is 47.2 Å². The molecule has 1 aliphatic rings. The number of hydrogen-bond donors (Lipinski definition) is 0. The van der Waals surface area contributed by atoms with E-state index >= 15 is 0 Å². The van der Waals surface area contributed by atoms with Crippen molar-refractivity contribution in [2.45, 2.75) is 13.0 Å². The van der Waals surface area contributed by atoms with Crippen LogP contribution in [0.2, 0.25) is 0 Å². The molecule has 1 aromatic heterocycles. The number of amides is 1. The lowest BCUT2D eigenvalue weighted by Gasteiger charge is -2.25. The van der Waals surface area contributed by atoms with Crippen LogP contribution in [0.5, 0.6) is 0 Å². The molecular weight excluding hydrogens is 334 g/mol. The molecule has 0 N–H and O–H groups in total. The molecule has 4 heteroatoms. The van der Waals surface area contributed by atoms with Crippen LogP contribution < -0.4 is 0 Å². The number of halogens is 1.